The van der Waals surface area contributed by atoms with Crippen LogP contribution in [0.4, 0.5) is 0 Å². The van der Waals surface area contributed by atoms with E-state index in [0.717, 1.165) is 19.3 Å². The molecule has 3 saturated heterocycles. The van der Waals surface area contributed by atoms with Gasteiger partial charge in [0.25, 0.3) is 0 Å². The van der Waals surface area contributed by atoms with Crippen LogP contribution in [0.5, 0.6) is 0 Å². The van der Waals surface area contributed by atoms with E-state index in [1.807, 2.05) is 6.92 Å². The molecule has 0 aromatic rings. The van der Waals surface area contributed by atoms with Crippen molar-refractivity contribution in [2.24, 2.45) is 17.8 Å². The number of nitrogens with zero attached hydrogens (tertiary/aromatic N) is 1. The van der Waals surface area contributed by atoms with Crippen LogP contribution < -0.4 is 5.32 Å². The lowest BCUT2D eigenvalue weighted by Crippen LogP contribution is -2.58. The van der Waals surface area contributed by atoms with E-state index >= 15 is 0 Å². The van der Waals surface area contributed by atoms with Crippen molar-refractivity contribution in [3.8, 4) is 0 Å². The fourth-order valence-electron chi connectivity index (χ4n) is 5.56. The lowest BCUT2D eigenvalue weighted by molar-refractivity contribution is -0.154. The number of unbranched alkanes of at least 4 members (excludes halogenated alkanes) is 1. The van der Waals surface area contributed by atoms with Crippen LogP contribution in [0.3, 0.4) is 0 Å². The summed E-state index contributed by atoms with van der Waals surface area (Å²) in [6, 6.07) is -1.10. The van der Waals surface area contributed by atoms with Crippen LogP contribution in [-0.2, 0) is 19.1 Å². The molecular formula is C21H34N2O5S. The number of carbonyl (C=O) groups excluding carboxylic acids is 3. The molecule has 3 aliphatic rings. The van der Waals surface area contributed by atoms with Crippen molar-refractivity contribution < 1.29 is 24.2 Å². The molecular weight excluding hydrogens is 392 g/mol. The number of fused-ring (bicyclic) bond motifs is 1. The molecule has 0 radical (unpaired) electrons. The first-order valence-corrected chi connectivity index (χ1v) is 11.8. The van der Waals surface area contributed by atoms with E-state index in [2.05, 4.69) is 19.2 Å². The van der Waals surface area contributed by atoms with Crippen LogP contribution in [0.1, 0.15) is 53.4 Å². The topological polar surface area (TPSA) is 95.9 Å². The number of likely N-dealkylation sites (tertiary alicyclic amines) is 1. The summed E-state index contributed by atoms with van der Waals surface area (Å²) in [5, 5.41) is 13.0. The molecule has 3 rings (SSSR count). The Morgan fingerprint density at radius 3 is 2.69 bits per heavy atom. The number of rotatable bonds is 9. The standard InChI is InChI=1S/C21H34N2O5S/c1-5-8-9-22-18(25)17-21-12(4)10-14(29-21)15(20(27)28-7-3)16(21)19(26)23(17)13(6-2)11-24/h12-17,24H,5-11H2,1-4H3,(H,22,25)/t12?,13-,14+,15-,16-,17?,21?/m0/s1. The summed E-state index contributed by atoms with van der Waals surface area (Å²) < 4.78 is 4.68. The molecule has 7 nitrogen and oxygen atoms in total. The highest BCUT2D eigenvalue weighted by Crippen LogP contribution is 2.68. The number of hydrogen-bond donors (Lipinski definition) is 2. The zero-order valence-corrected chi connectivity index (χ0v) is 18.7. The quantitative estimate of drug-likeness (QED) is 0.429. The third-order valence-corrected chi connectivity index (χ3v) is 8.97. The molecule has 8 heteroatoms. The Labute approximate surface area is 177 Å². The van der Waals surface area contributed by atoms with Gasteiger partial charge in [-0.05, 0) is 32.1 Å². The Bertz CT molecular complexity index is 655. The number of hydrogen-bond acceptors (Lipinski definition) is 6. The first-order chi connectivity index (χ1) is 13.9. The number of carbonyl (C=O) groups is 3. The van der Waals surface area contributed by atoms with E-state index in [1.165, 1.54) is 0 Å². The second-order valence-electron chi connectivity index (χ2n) is 8.44. The van der Waals surface area contributed by atoms with Gasteiger partial charge in [0.15, 0.2) is 0 Å². The van der Waals surface area contributed by atoms with Gasteiger partial charge in [-0.2, -0.15) is 0 Å². The minimum Gasteiger partial charge on any atom is -0.466 e. The van der Waals surface area contributed by atoms with Crippen molar-refractivity contribution >= 4 is 29.5 Å². The largest absolute Gasteiger partial charge is 0.466 e. The lowest BCUT2D eigenvalue weighted by atomic mass is 9.66. The number of nitrogens with one attached hydrogen (secondary N) is 1. The summed E-state index contributed by atoms with van der Waals surface area (Å²) in [7, 11) is 0. The minimum absolute atomic E-state index is 0.000273. The molecule has 164 valence electrons. The summed E-state index contributed by atoms with van der Waals surface area (Å²) >= 11 is 1.64. The monoisotopic (exact) mass is 426 g/mol. The molecule has 2 amide bonds. The molecule has 29 heavy (non-hydrogen) atoms. The van der Waals surface area contributed by atoms with Crippen LogP contribution in [-0.4, -0.2) is 69.6 Å². The molecule has 0 aromatic heterocycles. The van der Waals surface area contributed by atoms with Crippen molar-refractivity contribution in [3.63, 3.8) is 0 Å². The third-order valence-electron chi connectivity index (χ3n) is 6.90. The summed E-state index contributed by atoms with van der Waals surface area (Å²) in [5.74, 6) is -1.63. The normalized spacial score (nSPS) is 36.2. The summed E-state index contributed by atoms with van der Waals surface area (Å²) in [4.78, 5) is 41.4. The molecule has 7 atom stereocenters. The van der Waals surface area contributed by atoms with Crippen LogP contribution in [0.15, 0.2) is 0 Å². The van der Waals surface area contributed by atoms with Gasteiger partial charge >= 0.3 is 5.97 Å². The van der Waals surface area contributed by atoms with Crippen molar-refractivity contribution in [2.45, 2.75) is 75.5 Å². The zero-order chi connectivity index (χ0) is 21.3. The van der Waals surface area contributed by atoms with Crippen molar-refractivity contribution in [2.75, 3.05) is 19.8 Å². The Hall–Kier alpha value is -1.28. The minimum atomic E-state index is -0.668. The number of esters is 1. The smallest absolute Gasteiger partial charge is 0.310 e. The van der Waals surface area contributed by atoms with E-state index in [-0.39, 0.29) is 42.2 Å². The van der Waals surface area contributed by atoms with Gasteiger partial charge in [0.1, 0.15) is 6.04 Å². The number of aliphatic hydroxyl groups is 1. The van der Waals surface area contributed by atoms with E-state index in [0.29, 0.717) is 13.0 Å². The van der Waals surface area contributed by atoms with Crippen LogP contribution in [0, 0.1) is 17.8 Å². The number of ether oxygens (including phenoxy) is 1. The maximum Gasteiger partial charge on any atom is 0.310 e. The maximum atomic E-state index is 13.7. The first kappa shape index (κ1) is 22.4. The molecule has 1 spiro atoms. The molecule has 2 N–H and O–H groups in total. The maximum absolute atomic E-state index is 13.7. The Morgan fingerprint density at radius 2 is 2.10 bits per heavy atom. The van der Waals surface area contributed by atoms with Gasteiger partial charge in [-0.1, -0.05) is 27.2 Å². The predicted octanol–water partition coefficient (Wildman–Crippen LogP) is 1.57. The molecule has 0 aliphatic carbocycles. The first-order valence-electron chi connectivity index (χ1n) is 10.9. The lowest BCUT2D eigenvalue weighted by Gasteiger charge is -2.39. The summed E-state index contributed by atoms with van der Waals surface area (Å²) in [6.07, 6.45) is 3.18. The Morgan fingerprint density at radius 1 is 1.38 bits per heavy atom. The van der Waals surface area contributed by atoms with E-state index in [4.69, 9.17) is 4.74 Å². The van der Waals surface area contributed by atoms with Gasteiger partial charge in [-0.25, -0.2) is 0 Å². The van der Waals surface area contributed by atoms with Crippen LogP contribution >= 0.6 is 11.8 Å². The predicted molar refractivity (Wildman–Crippen MR) is 111 cm³/mol. The number of amides is 2. The SMILES string of the molecule is CCCCNC(=O)C1N([C@@H](CC)CO)C(=O)[C@@H]2[C@@H](C(=O)OCC)[C@H]3CC(C)C12S3. The van der Waals surface area contributed by atoms with Gasteiger partial charge in [0.05, 0.1) is 35.8 Å². The molecule has 2 bridgehead atoms. The van der Waals surface area contributed by atoms with Crippen molar-refractivity contribution in [1.82, 2.24) is 10.2 Å². The molecule has 3 heterocycles. The third kappa shape index (κ3) is 3.36. The second-order valence-corrected chi connectivity index (χ2v) is 9.99. The van der Waals surface area contributed by atoms with E-state index in [9.17, 15) is 19.5 Å². The van der Waals surface area contributed by atoms with Gasteiger partial charge < -0.3 is 20.1 Å². The molecule has 3 aliphatic heterocycles. The average molecular weight is 427 g/mol. The number of thioether (sulfide) groups is 1. The van der Waals surface area contributed by atoms with Crippen molar-refractivity contribution in [3.05, 3.63) is 0 Å². The molecule has 0 aromatic carbocycles. The van der Waals surface area contributed by atoms with Crippen molar-refractivity contribution in [1.29, 1.82) is 0 Å². The van der Waals surface area contributed by atoms with Crippen LogP contribution in [0.25, 0.3) is 0 Å². The fourth-order valence-corrected chi connectivity index (χ4v) is 7.95. The highest BCUT2D eigenvalue weighted by atomic mass is 32.2. The summed E-state index contributed by atoms with van der Waals surface area (Å²) in [6.45, 7) is 8.46. The zero-order valence-electron chi connectivity index (χ0n) is 17.8. The van der Waals surface area contributed by atoms with E-state index in [1.54, 1.807) is 23.6 Å². The summed E-state index contributed by atoms with van der Waals surface area (Å²) in [5.41, 5.74) is 0. The second kappa shape index (κ2) is 8.84. The van der Waals surface area contributed by atoms with E-state index < -0.39 is 28.7 Å². The van der Waals surface area contributed by atoms with Gasteiger partial charge in [0.2, 0.25) is 11.8 Å². The Kier molecular flexibility index (Phi) is 6.83. The number of aliphatic hydroxyl groups excluding tert-OH is 1. The highest BCUT2D eigenvalue weighted by Gasteiger charge is 2.76. The fraction of sp³-hybridized carbons (Fsp3) is 0.857. The Balaban J connectivity index is 2.03. The molecule has 0 saturated carbocycles. The highest BCUT2D eigenvalue weighted by molar-refractivity contribution is 8.02. The molecule has 3 fully saturated rings. The van der Waals surface area contributed by atoms with Gasteiger partial charge in [-0.3, -0.25) is 14.4 Å². The van der Waals surface area contributed by atoms with Gasteiger partial charge in [0, 0.05) is 11.8 Å². The molecule has 3 unspecified atom stereocenters. The van der Waals surface area contributed by atoms with Crippen LogP contribution in [0.2, 0.25) is 0 Å². The van der Waals surface area contributed by atoms with Gasteiger partial charge in [-0.15, -0.1) is 11.8 Å². The average Bonchev–Trinajstić information content (AvgIpc) is 3.28.